The minimum atomic E-state index is -0.643. The number of primary amides is 1. The Balaban J connectivity index is 2.09. The summed E-state index contributed by atoms with van der Waals surface area (Å²) >= 11 is 1.08. The molecular formula is C23H27N5O5S. The lowest BCUT2D eigenvalue weighted by molar-refractivity contribution is -0.143. The number of nitrogen functional groups attached to an aromatic ring is 2. The van der Waals surface area contributed by atoms with Crippen LogP contribution in [0.5, 0.6) is 11.5 Å². The molecule has 0 atom stereocenters. The number of nitrogens with zero attached hydrogens (tertiary/aromatic N) is 2. The van der Waals surface area contributed by atoms with E-state index in [-0.39, 0.29) is 35.4 Å². The van der Waals surface area contributed by atoms with Gasteiger partial charge in [0, 0.05) is 36.2 Å². The molecule has 0 aliphatic rings. The Labute approximate surface area is 200 Å². The molecule has 0 radical (unpaired) electrons. The lowest BCUT2D eigenvalue weighted by Gasteiger charge is -2.15. The lowest BCUT2D eigenvalue weighted by atomic mass is 9.96. The first-order valence-electron chi connectivity index (χ1n) is 10.5. The highest BCUT2D eigenvalue weighted by Crippen LogP contribution is 2.44. The smallest absolute Gasteiger partial charge is 0.305 e. The molecule has 0 bridgehead atoms. The van der Waals surface area contributed by atoms with Crippen LogP contribution >= 0.6 is 11.3 Å². The molecule has 0 aliphatic carbocycles. The number of aliphatic imine (C=N–C) groups is 1. The summed E-state index contributed by atoms with van der Waals surface area (Å²) in [5, 5.41) is 0.557. The van der Waals surface area contributed by atoms with Crippen LogP contribution in [-0.2, 0) is 9.53 Å². The molecule has 0 unspecified atom stereocenters. The molecule has 11 heteroatoms. The molecule has 6 N–H and O–H groups in total. The molecular weight excluding hydrogens is 458 g/mol. The van der Waals surface area contributed by atoms with E-state index in [1.807, 2.05) is 6.07 Å². The van der Waals surface area contributed by atoms with Gasteiger partial charge in [-0.25, -0.2) is 4.98 Å². The van der Waals surface area contributed by atoms with Crippen molar-refractivity contribution < 1.29 is 23.8 Å². The topological polar surface area (TPSA) is 165 Å². The third-order valence-corrected chi connectivity index (χ3v) is 6.08. The number of hydrogen-bond donors (Lipinski definition) is 3. The second-order valence-corrected chi connectivity index (χ2v) is 8.18. The van der Waals surface area contributed by atoms with Gasteiger partial charge < -0.3 is 31.4 Å². The van der Waals surface area contributed by atoms with Crippen LogP contribution in [0, 0.1) is 0 Å². The van der Waals surface area contributed by atoms with Gasteiger partial charge in [-0.1, -0.05) is 6.07 Å². The Kier molecular flexibility index (Phi) is 7.90. The fraction of sp³-hybridized carbons (Fsp3) is 0.304. The predicted molar refractivity (Wildman–Crippen MR) is 134 cm³/mol. The summed E-state index contributed by atoms with van der Waals surface area (Å²) in [5.74, 6) is 0.299. The van der Waals surface area contributed by atoms with E-state index in [0.717, 1.165) is 11.3 Å². The van der Waals surface area contributed by atoms with Crippen molar-refractivity contribution in [3.05, 3.63) is 28.6 Å². The summed E-state index contributed by atoms with van der Waals surface area (Å²) < 4.78 is 16.3. The average Bonchev–Trinajstić information content (AvgIpc) is 3.13. The maximum Gasteiger partial charge on any atom is 0.305 e. The number of fused-ring (bicyclic) bond motifs is 1. The highest BCUT2D eigenvalue weighted by Gasteiger charge is 2.23. The maximum absolute atomic E-state index is 11.9. The van der Waals surface area contributed by atoms with Crippen LogP contribution in [0.15, 0.2) is 23.2 Å². The summed E-state index contributed by atoms with van der Waals surface area (Å²) in [7, 11) is 3.15. The number of amides is 1. The average molecular weight is 486 g/mol. The van der Waals surface area contributed by atoms with E-state index < -0.39 is 5.91 Å². The third-order valence-electron chi connectivity index (χ3n) is 4.97. The summed E-state index contributed by atoms with van der Waals surface area (Å²) in [6, 6.07) is 5.36. The molecule has 3 rings (SSSR count). The normalized spacial score (nSPS) is 11.1. The van der Waals surface area contributed by atoms with Gasteiger partial charge in [-0.15, -0.1) is 11.3 Å². The van der Waals surface area contributed by atoms with Gasteiger partial charge in [-0.3, -0.25) is 14.6 Å². The molecule has 3 aromatic rings. The quantitative estimate of drug-likeness (QED) is 0.224. The molecule has 0 spiro atoms. The Hall–Kier alpha value is -3.86. The number of carbonyl (C=O) groups is 2. The number of pyridine rings is 1. The molecule has 0 fully saturated rings. The van der Waals surface area contributed by atoms with E-state index in [1.165, 1.54) is 7.11 Å². The van der Waals surface area contributed by atoms with Crippen molar-refractivity contribution in [2.45, 2.75) is 19.8 Å². The second kappa shape index (κ2) is 10.8. The van der Waals surface area contributed by atoms with Crippen molar-refractivity contribution in [3.8, 4) is 22.6 Å². The number of ether oxygens (including phenoxy) is 3. The van der Waals surface area contributed by atoms with Crippen molar-refractivity contribution in [2.75, 3.05) is 38.8 Å². The van der Waals surface area contributed by atoms with Crippen molar-refractivity contribution in [1.29, 1.82) is 0 Å². The number of nitrogens with two attached hydrogens (primary N) is 3. The van der Waals surface area contributed by atoms with Crippen LogP contribution in [0.25, 0.3) is 21.3 Å². The van der Waals surface area contributed by atoms with Crippen LogP contribution in [0.2, 0.25) is 0 Å². The molecule has 34 heavy (non-hydrogen) atoms. The fourth-order valence-corrected chi connectivity index (χ4v) is 4.47. The van der Waals surface area contributed by atoms with Gasteiger partial charge >= 0.3 is 5.97 Å². The molecule has 180 valence electrons. The van der Waals surface area contributed by atoms with E-state index in [2.05, 4.69) is 9.98 Å². The Morgan fingerprint density at radius 1 is 1.24 bits per heavy atom. The summed E-state index contributed by atoms with van der Waals surface area (Å²) in [6.45, 7) is 2.38. The van der Waals surface area contributed by atoms with Crippen LogP contribution in [0.3, 0.4) is 0 Å². The predicted octanol–water partition coefficient (Wildman–Crippen LogP) is 3.01. The van der Waals surface area contributed by atoms with Gasteiger partial charge in [-0.05, 0) is 31.0 Å². The standard InChI is InChI=1S/C23H27N5O5S/c1-4-32-16(29)6-5-9-33-15-10-12(7-8-14(15)31-3)17-13(11-27-2)21(25)28-23-18(17)19(24)20(34-23)22(26)30/h7-8,10-11H,4-6,9,24H2,1-3H3,(H2,25,28)(H2,26,30). The van der Waals surface area contributed by atoms with Crippen LogP contribution < -0.4 is 26.7 Å². The maximum atomic E-state index is 11.9. The molecule has 1 aromatic carbocycles. The van der Waals surface area contributed by atoms with E-state index >= 15 is 0 Å². The van der Waals surface area contributed by atoms with Crippen LogP contribution in [0.4, 0.5) is 11.5 Å². The number of rotatable bonds is 10. The van der Waals surface area contributed by atoms with Gasteiger partial charge in [0.05, 0.1) is 26.0 Å². The molecule has 0 saturated carbocycles. The van der Waals surface area contributed by atoms with Gasteiger partial charge in [0.2, 0.25) is 0 Å². The number of esters is 1. The zero-order valence-corrected chi connectivity index (χ0v) is 20.0. The largest absolute Gasteiger partial charge is 0.493 e. The van der Waals surface area contributed by atoms with Crippen molar-refractivity contribution in [1.82, 2.24) is 4.98 Å². The fourth-order valence-electron chi connectivity index (χ4n) is 3.50. The third kappa shape index (κ3) is 5.04. The van der Waals surface area contributed by atoms with Gasteiger partial charge in [0.25, 0.3) is 5.91 Å². The molecule has 0 aliphatic heterocycles. The Morgan fingerprint density at radius 3 is 2.65 bits per heavy atom. The number of methoxy groups -OCH3 is 1. The number of anilines is 2. The van der Waals surface area contributed by atoms with E-state index in [9.17, 15) is 9.59 Å². The minimum absolute atomic E-state index is 0.206. The number of aromatic nitrogens is 1. The molecule has 2 aromatic heterocycles. The summed E-state index contributed by atoms with van der Waals surface area (Å²) in [4.78, 5) is 32.7. The SMILES string of the molecule is CCOC(=O)CCCOc1cc(-c2c(C=NC)c(N)nc3sc(C(N)=O)c(N)c23)ccc1OC. The number of hydrogen-bond acceptors (Lipinski definition) is 10. The lowest BCUT2D eigenvalue weighted by Crippen LogP contribution is -2.10. The zero-order chi connectivity index (χ0) is 24.8. The van der Waals surface area contributed by atoms with Crippen LogP contribution in [0.1, 0.15) is 35.0 Å². The van der Waals surface area contributed by atoms with Crippen LogP contribution in [-0.4, -0.2) is 50.4 Å². The van der Waals surface area contributed by atoms with Crippen molar-refractivity contribution in [3.63, 3.8) is 0 Å². The van der Waals surface area contributed by atoms with E-state index in [1.54, 1.807) is 32.3 Å². The highest BCUT2D eigenvalue weighted by molar-refractivity contribution is 7.21. The monoisotopic (exact) mass is 485 g/mol. The van der Waals surface area contributed by atoms with E-state index in [0.29, 0.717) is 51.4 Å². The summed E-state index contributed by atoms with van der Waals surface area (Å²) in [6.07, 6.45) is 2.31. The Bertz CT molecular complexity index is 1250. The first kappa shape index (κ1) is 24.8. The van der Waals surface area contributed by atoms with Gasteiger partial charge in [-0.2, -0.15) is 0 Å². The Morgan fingerprint density at radius 2 is 2.00 bits per heavy atom. The molecule has 0 saturated heterocycles. The van der Waals surface area contributed by atoms with E-state index in [4.69, 9.17) is 31.4 Å². The van der Waals surface area contributed by atoms with Gasteiger partial charge in [0.1, 0.15) is 15.5 Å². The number of benzene rings is 1. The van der Waals surface area contributed by atoms with Crippen molar-refractivity contribution in [2.24, 2.45) is 10.7 Å². The summed E-state index contributed by atoms with van der Waals surface area (Å²) in [5.41, 5.74) is 20.2. The molecule has 10 nitrogen and oxygen atoms in total. The minimum Gasteiger partial charge on any atom is -0.493 e. The zero-order valence-electron chi connectivity index (χ0n) is 19.2. The first-order chi connectivity index (χ1) is 16.3. The number of carbonyl (C=O) groups excluding carboxylic acids is 2. The van der Waals surface area contributed by atoms with Gasteiger partial charge in [0.15, 0.2) is 11.5 Å². The highest BCUT2D eigenvalue weighted by atomic mass is 32.1. The molecule has 2 heterocycles. The molecule has 1 amide bonds. The number of thiophene rings is 1. The van der Waals surface area contributed by atoms with Crippen molar-refractivity contribution >= 4 is 51.1 Å². The second-order valence-electron chi connectivity index (χ2n) is 7.18. The first-order valence-corrected chi connectivity index (χ1v) is 11.3.